The largest absolute Gasteiger partial charge is 0.494 e. The molecular weight excluding hydrogens is 393 g/mol. The van der Waals surface area contributed by atoms with Crippen LogP contribution >= 0.6 is 11.6 Å². The van der Waals surface area contributed by atoms with E-state index >= 15 is 0 Å². The lowest BCUT2D eigenvalue weighted by Gasteiger charge is -2.43. The molecular formula is C23H27ClFNO3. The van der Waals surface area contributed by atoms with Crippen molar-refractivity contribution in [3.05, 3.63) is 64.4 Å². The minimum atomic E-state index is -0.476. The molecule has 0 bridgehead atoms. The highest BCUT2D eigenvalue weighted by Crippen LogP contribution is 2.44. The summed E-state index contributed by atoms with van der Waals surface area (Å²) in [4.78, 5) is 12.5. The normalized spacial score (nSPS) is 24.4. The number of carbonyl (C=O) groups excluding carboxylic acids is 1. The van der Waals surface area contributed by atoms with Crippen molar-refractivity contribution in [3.63, 3.8) is 0 Å². The van der Waals surface area contributed by atoms with Gasteiger partial charge in [-0.05, 0) is 42.3 Å². The van der Waals surface area contributed by atoms with E-state index in [2.05, 4.69) is 5.32 Å². The monoisotopic (exact) mass is 419 g/mol. The number of rotatable bonds is 5. The van der Waals surface area contributed by atoms with Crippen LogP contribution in [-0.2, 0) is 9.53 Å². The Balaban J connectivity index is 1.95. The molecule has 0 radical (unpaired) electrons. The van der Waals surface area contributed by atoms with Crippen molar-refractivity contribution >= 4 is 17.5 Å². The number of hydrogen-bond donors (Lipinski definition) is 1. The van der Waals surface area contributed by atoms with E-state index in [9.17, 15) is 9.18 Å². The van der Waals surface area contributed by atoms with Gasteiger partial charge in [-0.3, -0.25) is 4.79 Å². The standard InChI is InChI=1S/C23H27ClFNO3/c1-14(2)22(27)26-23(3)12-20(15-5-8-17(24)9-6-15)29-21(13-23)16-7-10-18(25)19(11-16)28-4/h5-11,14,20-21H,12-13H2,1-4H3,(H,26,27)/t20-,21+,23-/m0/s1. The molecule has 1 aliphatic heterocycles. The first-order valence-corrected chi connectivity index (χ1v) is 10.1. The Morgan fingerprint density at radius 3 is 2.34 bits per heavy atom. The third-order valence-electron chi connectivity index (χ3n) is 5.34. The number of carbonyl (C=O) groups is 1. The maximum Gasteiger partial charge on any atom is 0.222 e. The van der Waals surface area contributed by atoms with E-state index < -0.39 is 11.4 Å². The molecule has 0 aliphatic carbocycles. The Morgan fingerprint density at radius 1 is 1.17 bits per heavy atom. The molecule has 1 heterocycles. The first kappa shape index (κ1) is 21.6. The lowest BCUT2D eigenvalue weighted by atomic mass is 9.81. The second-order valence-corrected chi connectivity index (χ2v) is 8.61. The molecule has 2 aromatic carbocycles. The van der Waals surface area contributed by atoms with Gasteiger partial charge in [-0.1, -0.05) is 43.6 Å². The average molecular weight is 420 g/mol. The van der Waals surface area contributed by atoms with Gasteiger partial charge in [0.15, 0.2) is 11.6 Å². The zero-order valence-electron chi connectivity index (χ0n) is 17.2. The van der Waals surface area contributed by atoms with Crippen LogP contribution in [0, 0.1) is 11.7 Å². The zero-order chi connectivity index (χ0) is 21.2. The highest BCUT2D eigenvalue weighted by Gasteiger charge is 2.40. The van der Waals surface area contributed by atoms with Crippen molar-refractivity contribution in [1.82, 2.24) is 5.32 Å². The number of nitrogens with one attached hydrogen (secondary N) is 1. The SMILES string of the molecule is COc1cc([C@H]2C[C@@](C)(NC(=O)C(C)C)C[C@@H](c3ccc(Cl)cc3)O2)ccc1F. The van der Waals surface area contributed by atoms with Crippen LogP contribution in [0.5, 0.6) is 5.75 Å². The molecule has 1 fully saturated rings. The van der Waals surface area contributed by atoms with Gasteiger partial charge in [-0.2, -0.15) is 0 Å². The molecule has 0 saturated carbocycles. The van der Waals surface area contributed by atoms with Crippen molar-refractivity contribution in [2.24, 2.45) is 5.92 Å². The van der Waals surface area contributed by atoms with Crippen molar-refractivity contribution in [2.75, 3.05) is 7.11 Å². The molecule has 3 atom stereocenters. The van der Waals surface area contributed by atoms with E-state index in [1.165, 1.54) is 13.2 Å². The molecule has 29 heavy (non-hydrogen) atoms. The molecule has 1 saturated heterocycles. The van der Waals surface area contributed by atoms with E-state index in [0.29, 0.717) is 17.9 Å². The Hall–Kier alpha value is -2.11. The first-order valence-electron chi connectivity index (χ1n) is 9.77. The number of benzene rings is 2. The van der Waals surface area contributed by atoms with Crippen LogP contribution in [0.3, 0.4) is 0 Å². The lowest BCUT2D eigenvalue weighted by molar-refractivity contribution is -0.131. The van der Waals surface area contributed by atoms with Gasteiger partial charge >= 0.3 is 0 Å². The van der Waals surface area contributed by atoms with Crippen molar-refractivity contribution in [1.29, 1.82) is 0 Å². The predicted molar refractivity (Wildman–Crippen MR) is 112 cm³/mol. The fraction of sp³-hybridized carbons (Fsp3) is 0.435. The summed E-state index contributed by atoms with van der Waals surface area (Å²) in [5, 5.41) is 3.85. The molecule has 0 spiro atoms. The molecule has 156 valence electrons. The third-order valence-corrected chi connectivity index (χ3v) is 5.59. The summed E-state index contributed by atoms with van der Waals surface area (Å²) in [6.45, 7) is 5.78. The first-order chi connectivity index (χ1) is 13.7. The van der Waals surface area contributed by atoms with Gasteiger partial charge in [-0.15, -0.1) is 0 Å². The second-order valence-electron chi connectivity index (χ2n) is 8.17. The Bertz CT molecular complexity index is 871. The van der Waals surface area contributed by atoms with Gasteiger partial charge in [0, 0.05) is 29.3 Å². The van der Waals surface area contributed by atoms with E-state index in [0.717, 1.165) is 11.1 Å². The third kappa shape index (κ3) is 5.09. The quantitative estimate of drug-likeness (QED) is 0.685. The fourth-order valence-corrected chi connectivity index (χ4v) is 3.81. The molecule has 6 heteroatoms. The minimum absolute atomic E-state index is 0.000284. The van der Waals surface area contributed by atoms with Gasteiger partial charge in [0.25, 0.3) is 0 Å². The molecule has 1 N–H and O–H groups in total. The number of methoxy groups -OCH3 is 1. The van der Waals surface area contributed by atoms with Crippen molar-refractivity contribution in [3.8, 4) is 5.75 Å². The Morgan fingerprint density at radius 2 is 1.76 bits per heavy atom. The van der Waals surface area contributed by atoms with Crippen molar-refractivity contribution < 1.29 is 18.7 Å². The minimum Gasteiger partial charge on any atom is -0.494 e. The number of ether oxygens (including phenoxy) is 2. The fourth-order valence-electron chi connectivity index (χ4n) is 3.69. The van der Waals surface area contributed by atoms with Gasteiger partial charge in [0.05, 0.1) is 19.3 Å². The highest BCUT2D eigenvalue weighted by molar-refractivity contribution is 6.30. The summed E-state index contributed by atoms with van der Waals surface area (Å²) in [6, 6.07) is 12.3. The van der Waals surface area contributed by atoms with E-state index in [1.54, 1.807) is 12.1 Å². The summed E-state index contributed by atoms with van der Waals surface area (Å²) in [5.74, 6) is -0.363. The molecule has 3 rings (SSSR count). The predicted octanol–water partition coefficient (Wildman–Crippen LogP) is 5.61. The average Bonchev–Trinajstić information content (AvgIpc) is 2.68. The zero-order valence-corrected chi connectivity index (χ0v) is 17.9. The Kier molecular flexibility index (Phi) is 6.49. The lowest BCUT2D eigenvalue weighted by Crippen LogP contribution is -2.52. The van der Waals surface area contributed by atoms with Crippen molar-refractivity contribution in [2.45, 2.75) is 51.4 Å². The van der Waals surface area contributed by atoms with Crippen LogP contribution in [0.1, 0.15) is 56.9 Å². The van der Waals surface area contributed by atoms with E-state index in [-0.39, 0.29) is 29.8 Å². The molecule has 2 aromatic rings. The van der Waals surface area contributed by atoms with Crippen LogP contribution in [0.2, 0.25) is 5.02 Å². The van der Waals surface area contributed by atoms with Gasteiger partial charge in [0.1, 0.15) is 0 Å². The summed E-state index contributed by atoms with van der Waals surface area (Å²) < 4.78 is 25.4. The van der Waals surface area contributed by atoms with Gasteiger partial charge in [0.2, 0.25) is 5.91 Å². The maximum atomic E-state index is 13.9. The molecule has 0 unspecified atom stereocenters. The molecule has 1 amide bonds. The maximum absolute atomic E-state index is 13.9. The van der Waals surface area contributed by atoms with Crippen LogP contribution in [-0.4, -0.2) is 18.6 Å². The molecule has 0 aromatic heterocycles. The summed E-state index contributed by atoms with van der Waals surface area (Å²) in [5.41, 5.74) is 1.32. The number of halogens is 2. The Labute approximate surface area is 176 Å². The van der Waals surface area contributed by atoms with Crippen LogP contribution < -0.4 is 10.1 Å². The van der Waals surface area contributed by atoms with Gasteiger partial charge < -0.3 is 14.8 Å². The summed E-state index contributed by atoms with van der Waals surface area (Å²) in [7, 11) is 1.44. The molecule has 1 aliphatic rings. The van der Waals surface area contributed by atoms with E-state index in [1.807, 2.05) is 45.0 Å². The molecule has 4 nitrogen and oxygen atoms in total. The highest BCUT2D eigenvalue weighted by atomic mass is 35.5. The smallest absolute Gasteiger partial charge is 0.222 e. The number of amides is 1. The summed E-state index contributed by atoms with van der Waals surface area (Å²) in [6.07, 6.45) is 0.641. The topological polar surface area (TPSA) is 47.6 Å². The van der Waals surface area contributed by atoms with Crippen LogP contribution in [0.4, 0.5) is 4.39 Å². The van der Waals surface area contributed by atoms with Crippen LogP contribution in [0.15, 0.2) is 42.5 Å². The summed E-state index contributed by atoms with van der Waals surface area (Å²) >= 11 is 6.04. The van der Waals surface area contributed by atoms with Gasteiger partial charge in [-0.25, -0.2) is 4.39 Å². The second kappa shape index (κ2) is 8.72. The van der Waals surface area contributed by atoms with E-state index in [4.69, 9.17) is 21.1 Å². The number of hydrogen-bond acceptors (Lipinski definition) is 3. The van der Waals surface area contributed by atoms with Crippen LogP contribution in [0.25, 0.3) is 0 Å².